The van der Waals surface area contributed by atoms with Gasteiger partial charge in [-0.3, -0.25) is 4.79 Å². The smallest absolute Gasteiger partial charge is 0.416 e. The quantitative estimate of drug-likeness (QED) is 0.911. The van der Waals surface area contributed by atoms with Gasteiger partial charge in [-0.1, -0.05) is 0 Å². The molecule has 1 aromatic heterocycles. The van der Waals surface area contributed by atoms with E-state index in [4.69, 9.17) is 0 Å². The first kappa shape index (κ1) is 15.4. The summed E-state index contributed by atoms with van der Waals surface area (Å²) in [5.41, 5.74) is -0.364. The van der Waals surface area contributed by atoms with Crippen molar-refractivity contribution in [3.05, 3.63) is 47.0 Å². The Morgan fingerprint density at radius 1 is 1.39 bits per heavy atom. The van der Waals surface area contributed by atoms with E-state index in [2.05, 4.69) is 10.3 Å². The summed E-state index contributed by atoms with van der Waals surface area (Å²) in [5.74, 6) is -0.368. The molecule has 1 aromatic carbocycles. The van der Waals surface area contributed by atoms with E-state index < -0.39 is 23.4 Å². The zero-order valence-corrected chi connectivity index (χ0v) is 12.0. The molecule has 0 unspecified atom stereocenters. The van der Waals surface area contributed by atoms with Gasteiger partial charge in [0.1, 0.15) is 11.6 Å². The van der Waals surface area contributed by atoms with Crippen molar-refractivity contribution in [2.75, 3.05) is 0 Å². The zero-order valence-electron chi connectivity index (χ0n) is 12.0. The predicted molar refractivity (Wildman–Crippen MR) is 74.8 cm³/mol. The number of hydrogen-bond acceptors (Lipinski definition) is 3. The largest absolute Gasteiger partial charge is 0.507 e. The molecule has 2 N–H and O–H groups in total. The number of halogens is 3. The maximum absolute atomic E-state index is 12.5. The second-order valence-corrected chi connectivity index (χ2v) is 5.33. The van der Waals surface area contributed by atoms with Crippen LogP contribution in [0, 0.1) is 0 Å². The van der Waals surface area contributed by atoms with Gasteiger partial charge < -0.3 is 15.0 Å². The van der Waals surface area contributed by atoms with Gasteiger partial charge in [-0.05, 0) is 24.6 Å². The van der Waals surface area contributed by atoms with Crippen molar-refractivity contribution in [3.63, 3.8) is 0 Å². The predicted octanol–water partition coefficient (Wildman–Crippen LogP) is 2.48. The number of phenols is 1. The third-order valence-corrected chi connectivity index (χ3v) is 3.80. The lowest BCUT2D eigenvalue weighted by Gasteiger charge is -2.11. The fourth-order valence-corrected chi connectivity index (χ4v) is 2.63. The van der Waals surface area contributed by atoms with E-state index in [-0.39, 0.29) is 12.1 Å². The molecular formula is C15H14F3N3O2. The van der Waals surface area contributed by atoms with Crippen molar-refractivity contribution in [2.45, 2.75) is 32.1 Å². The summed E-state index contributed by atoms with van der Waals surface area (Å²) < 4.78 is 39.6. The van der Waals surface area contributed by atoms with E-state index in [1.165, 1.54) is 0 Å². The van der Waals surface area contributed by atoms with E-state index in [1.54, 1.807) is 6.20 Å². The summed E-state index contributed by atoms with van der Waals surface area (Å²) in [5, 5.41) is 12.2. The molecule has 0 fully saturated rings. The lowest BCUT2D eigenvalue weighted by Crippen LogP contribution is -2.24. The Bertz CT molecular complexity index is 753. The van der Waals surface area contributed by atoms with Crippen LogP contribution in [0.25, 0.3) is 0 Å². The summed E-state index contributed by atoms with van der Waals surface area (Å²) in [6.07, 6.45) is -0.997. The highest BCUT2D eigenvalue weighted by Gasteiger charge is 2.31. The fourth-order valence-electron chi connectivity index (χ4n) is 2.63. The molecule has 0 aliphatic carbocycles. The summed E-state index contributed by atoms with van der Waals surface area (Å²) in [6, 6.07) is 2.28. The topological polar surface area (TPSA) is 67.2 Å². The van der Waals surface area contributed by atoms with E-state index >= 15 is 0 Å². The molecule has 8 heteroatoms. The molecule has 0 atom stereocenters. The van der Waals surface area contributed by atoms with Crippen LogP contribution in [0.15, 0.2) is 24.4 Å². The third-order valence-electron chi connectivity index (χ3n) is 3.80. The fraction of sp³-hybridized carbons (Fsp3) is 0.333. The van der Waals surface area contributed by atoms with Gasteiger partial charge in [-0.15, -0.1) is 0 Å². The summed E-state index contributed by atoms with van der Waals surface area (Å²) >= 11 is 0. The molecule has 0 bridgehead atoms. The Morgan fingerprint density at radius 3 is 2.87 bits per heavy atom. The SMILES string of the molecule is O=C(NCc1cnc2n1CCC2)c1ccc(C(F)(F)F)cc1O. The molecule has 1 aliphatic rings. The van der Waals surface area contributed by atoms with Crippen molar-refractivity contribution < 1.29 is 23.1 Å². The molecule has 1 aliphatic heterocycles. The first-order valence-corrected chi connectivity index (χ1v) is 7.08. The molecule has 122 valence electrons. The number of aromatic hydroxyl groups is 1. The Morgan fingerprint density at radius 2 is 2.17 bits per heavy atom. The molecule has 0 radical (unpaired) electrons. The standard InChI is InChI=1S/C15H14F3N3O2/c16-15(17,18)9-3-4-11(12(22)6-9)14(23)20-8-10-7-19-13-2-1-5-21(10)13/h3-4,6-7,22H,1-2,5,8H2,(H,20,23). The molecule has 23 heavy (non-hydrogen) atoms. The molecule has 3 rings (SSSR count). The Labute approximate surface area is 129 Å². The van der Waals surface area contributed by atoms with Gasteiger partial charge >= 0.3 is 6.18 Å². The number of phenolic OH excluding ortho intramolecular Hbond substituents is 1. The first-order chi connectivity index (χ1) is 10.9. The monoisotopic (exact) mass is 325 g/mol. The number of rotatable bonds is 3. The number of nitrogens with zero attached hydrogens (tertiary/aromatic N) is 2. The van der Waals surface area contributed by atoms with Crippen molar-refractivity contribution in [3.8, 4) is 5.75 Å². The van der Waals surface area contributed by atoms with Crippen LogP contribution < -0.4 is 5.32 Å². The van der Waals surface area contributed by atoms with Crippen molar-refractivity contribution in [1.29, 1.82) is 0 Å². The Hall–Kier alpha value is -2.51. The van der Waals surface area contributed by atoms with Gasteiger partial charge in [0.25, 0.3) is 5.91 Å². The highest BCUT2D eigenvalue weighted by molar-refractivity contribution is 5.96. The number of carbonyl (C=O) groups is 1. The summed E-state index contributed by atoms with van der Waals surface area (Å²) in [7, 11) is 0. The van der Waals surface area contributed by atoms with Crippen LogP contribution in [0.2, 0.25) is 0 Å². The summed E-state index contributed by atoms with van der Waals surface area (Å²) in [4.78, 5) is 16.3. The Kier molecular flexibility index (Phi) is 3.75. The maximum Gasteiger partial charge on any atom is 0.416 e. The minimum Gasteiger partial charge on any atom is -0.507 e. The number of aryl methyl sites for hydroxylation is 1. The number of amides is 1. The number of nitrogens with one attached hydrogen (secondary N) is 1. The number of aromatic nitrogens is 2. The lowest BCUT2D eigenvalue weighted by atomic mass is 10.1. The molecule has 0 spiro atoms. The van der Waals surface area contributed by atoms with Crippen LogP contribution >= 0.6 is 0 Å². The van der Waals surface area contributed by atoms with Crippen LogP contribution in [-0.4, -0.2) is 20.6 Å². The normalized spacial score (nSPS) is 13.9. The second kappa shape index (κ2) is 5.60. The van der Waals surface area contributed by atoms with Crippen molar-refractivity contribution in [2.24, 2.45) is 0 Å². The van der Waals surface area contributed by atoms with Crippen LogP contribution in [0.1, 0.15) is 33.9 Å². The highest BCUT2D eigenvalue weighted by Crippen LogP contribution is 2.32. The van der Waals surface area contributed by atoms with Gasteiger partial charge in [0.15, 0.2) is 0 Å². The number of alkyl halides is 3. The molecule has 2 aromatic rings. The Balaban J connectivity index is 1.71. The van der Waals surface area contributed by atoms with Gasteiger partial charge in [0, 0.05) is 13.0 Å². The van der Waals surface area contributed by atoms with E-state index in [0.29, 0.717) is 6.07 Å². The van der Waals surface area contributed by atoms with Gasteiger partial charge in [0.05, 0.1) is 29.6 Å². The lowest BCUT2D eigenvalue weighted by molar-refractivity contribution is -0.137. The minimum absolute atomic E-state index is 0.195. The van der Waals surface area contributed by atoms with Gasteiger partial charge in [-0.2, -0.15) is 13.2 Å². The van der Waals surface area contributed by atoms with Crippen LogP contribution in [0.3, 0.4) is 0 Å². The average Bonchev–Trinajstić information content (AvgIpc) is 3.07. The third kappa shape index (κ3) is 3.01. The zero-order chi connectivity index (χ0) is 16.6. The summed E-state index contributed by atoms with van der Waals surface area (Å²) in [6.45, 7) is 1.04. The second-order valence-electron chi connectivity index (χ2n) is 5.33. The van der Waals surface area contributed by atoms with Crippen LogP contribution in [0.4, 0.5) is 13.2 Å². The van der Waals surface area contributed by atoms with Crippen molar-refractivity contribution in [1.82, 2.24) is 14.9 Å². The number of hydrogen-bond donors (Lipinski definition) is 2. The highest BCUT2D eigenvalue weighted by atomic mass is 19.4. The number of carbonyl (C=O) groups excluding carboxylic acids is 1. The van der Waals surface area contributed by atoms with Crippen LogP contribution in [-0.2, 0) is 25.7 Å². The number of benzene rings is 1. The number of imidazole rings is 1. The maximum atomic E-state index is 12.5. The molecule has 0 saturated heterocycles. The minimum atomic E-state index is -4.56. The van der Waals surface area contributed by atoms with E-state index in [1.807, 2.05) is 4.57 Å². The average molecular weight is 325 g/mol. The van der Waals surface area contributed by atoms with E-state index in [0.717, 1.165) is 43.0 Å². The van der Waals surface area contributed by atoms with Crippen molar-refractivity contribution >= 4 is 5.91 Å². The van der Waals surface area contributed by atoms with Gasteiger partial charge in [-0.25, -0.2) is 4.98 Å². The molecule has 0 saturated carbocycles. The number of fused-ring (bicyclic) bond motifs is 1. The molecule has 2 heterocycles. The van der Waals surface area contributed by atoms with Crippen LogP contribution in [0.5, 0.6) is 5.75 Å². The van der Waals surface area contributed by atoms with E-state index in [9.17, 15) is 23.1 Å². The van der Waals surface area contributed by atoms with Gasteiger partial charge in [0.2, 0.25) is 0 Å². The molecule has 1 amide bonds. The molecule has 5 nitrogen and oxygen atoms in total. The molecular weight excluding hydrogens is 311 g/mol. The first-order valence-electron chi connectivity index (χ1n) is 7.08.